The van der Waals surface area contributed by atoms with Crippen molar-refractivity contribution in [1.82, 2.24) is 9.88 Å². The van der Waals surface area contributed by atoms with Crippen molar-refractivity contribution in [2.45, 2.75) is 19.5 Å². The number of ether oxygens (including phenoxy) is 2. The molecule has 0 saturated carbocycles. The first kappa shape index (κ1) is 15.3. The first-order valence-electron chi connectivity index (χ1n) is 7.91. The molecule has 1 amide bonds. The monoisotopic (exact) mass is 340 g/mol. The maximum atomic E-state index is 12.4. The summed E-state index contributed by atoms with van der Waals surface area (Å²) in [5, 5.41) is 2.88. The predicted octanol–water partition coefficient (Wildman–Crippen LogP) is 2.14. The van der Waals surface area contributed by atoms with Gasteiger partial charge in [-0.1, -0.05) is 12.1 Å². The molecule has 1 aliphatic heterocycles. The van der Waals surface area contributed by atoms with Crippen molar-refractivity contribution in [3.8, 4) is 11.5 Å². The van der Waals surface area contributed by atoms with Crippen LogP contribution in [0.3, 0.4) is 0 Å². The summed E-state index contributed by atoms with van der Waals surface area (Å²) in [6, 6.07) is 11.9. The first-order chi connectivity index (χ1) is 12.1. The van der Waals surface area contributed by atoms with Crippen LogP contribution < -0.4 is 20.5 Å². The van der Waals surface area contributed by atoms with Crippen molar-refractivity contribution < 1.29 is 18.7 Å². The standard InChI is InChI=1S/C18H16N2O5/c1-11(9-20-13-4-2-3-5-14(13)25-18(20)22)19-17(21)12-6-7-15-16(8-12)24-10-23-15/h2-8,11H,9-10H2,1H3,(H,19,21)/t11-/m1/s1. The number of nitrogens with zero attached hydrogens (tertiary/aromatic N) is 1. The summed E-state index contributed by atoms with van der Waals surface area (Å²) in [6.07, 6.45) is 0. The normalized spacial score (nSPS) is 13.8. The molecule has 1 atom stereocenters. The van der Waals surface area contributed by atoms with Gasteiger partial charge in [0.2, 0.25) is 6.79 Å². The van der Waals surface area contributed by atoms with E-state index in [0.29, 0.717) is 34.7 Å². The van der Waals surface area contributed by atoms with Crippen molar-refractivity contribution in [3.05, 3.63) is 58.6 Å². The van der Waals surface area contributed by atoms with E-state index in [4.69, 9.17) is 13.9 Å². The molecular weight excluding hydrogens is 324 g/mol. The zero-order chi connectivity index (χ0) is 17.4. The van der Waals surface area contributed by atoms with Crippen LogP contribution in [0.25, 0.3) is 11.1 Å². The molecule has 2 heterocycles. The number of carbonyl (C=O) groups is 1. The SMILES string of the molecule is C[C@H](Cn1c(=O)oc2ccccc21)NC(=O)c1ccc2c(c1)OCO2. The van der Waals surface area contributed by atoms with Crippen molar-refractivity contribution in [3.63, 3.8) is 0 Å². The van der Waals surface area contributed by atoms with Gasteiger partial charge in [-0.05, 0) is 37.3 Å². The minimum Gasteiger partial charge on any atom is -0.454 e. The predicted molar refractivity (Wildman–Crippen MR) is 90.0 cm³/mol. The van der Waals surface area contributed by atoms with Gasteiger partial charge >= 0.3 is 5.76 Å². The molecular formula is C18H16N2O5. The number of oxazole rings is 1. The van der Waals surface area contributed by atoms with E-state index in [2.05, 4.69) is 5.32 Å². The van der Waals surface area contributed by atoms with E-state index in [1.807, 2.05) is 19.1 Å². The summed E-state index contributed by atoms with van der Waals surface area (Å²) in [5.74, 6) is 0.496. The maximum absolute atomic E-state index is 12.4. The second kappa shape index (κ2) is 6.01. The quantitative estimate of drug-likeness (QED) is 0.787. The van der Waals surface area contributed by atoms with Crippen LogP contribution in [-0.2, 0) is 6.54 Å². The Bertz CT molecular complexity index is 1000. The number of hydrogen-bond donors (Lipinski definition) is 1. The van der Waals surface area contributed by atoms with Gasteiger partial charge in [0, 0.05) is 18.2 Å². The minimum absolute atomic E-state index is 0.160. The Hall–Kier alpha value is -3.22. The van der Waals surface area contributed by atoms with Crippen LogP contribution in [0.15, 0.2) is 51.7 Å². The minimum atomic E-state index is -0.439. The van der Waals surface area contributed by atoms with Crippen LogP contribution in [0, 0.1) is 0 Å². The van der Waals surface area contributed by atoms with Crippen LogP contribution >= 0.6 is 0 Å². The highest BCUT2D eigenvalue weighted by Crippen LogP contribution is 2.32. The largest absolute Gasteiger partial charge is 0.454 e. The van der Waals surface area contributed by atoms with Crippen LogP contribution in [-0.4, -0.2) is 23.3 Å². The summed E-state index contributed by atoms with van der Waals surface area (Å²) in [5.41, 5.74) is 1.71. The molecule has 1 aliphatic rings. The van der Waals surface area contributed by atoms with E-state index >= 15 is 0 Å². The van der Waals surface area contributed by atoms with Gasteiger partial charge in [0.1, 0.15) is 0 Å². The highest BCUT2D eigenvalue weighted by atomic mass is 16.7. The molecule has 0 aliphatic carbocycles. The maximum Gasteiger partial charge on any atom is 0.420 e. The van der Waals surface area contributed by atoms with Crippen molar-refractivity contribution in [2.24, 2.45) is 0 Å². The molecule has 1 aromatic heterocycles. The number of rotatable bonds is 4. The molecule has 7 heteroatoms. The molecule has 0 bridgehead atoms. The lowest BCUT2D eigenvalue weighted by molar-refractivity contribution is 0.0936. The van der Waals surface area contributed by atoms with Gasteiger partial charge in [-0.2, -0.15) is 0 Å². The molecule has 3 aromatic rings. The van der Waals surface area contributed by atoms with Crippen LogP contribution in [0.1, 0.15) is 17.3 Å². The summed E-state index contributed by atoms with van der Waals surface area (Å²) < 4.78 is 17.2. The smallest absolute Gasteiger partial charge is 0.420 e. The van der Waals surface area contributed by atoms with Gasteiger partial charge in [0.15, 0.2) is 17.1 Å². The van der Waals surface area contributed by atoms with E-state index in [1.165, 1.54) is 4.57 Å². The summed E-state index contributed by atoms with van der Waals surface area (Å²) >= 11 is 0. The van der Waals surface area contributed by atoms with E-state index in [0.717, 1.165) is 0 Å². The molecule has 1 N–H and O–H groups in total. The number of hydrogen-bond acceptors (Lipinski definition) is 5. The van der Waals surface area contributed by atoms with Crippen LogP contribution in [0.2, 0.25) is 0 Å². The molecule has 25 heavy (non-hydrogen) atoms. The Morgan fingerprint density at radius 1 is 1.20 bits per heavy atom. The lowest BCUT2D eigenvalue weighted by Crippen LogP contribution is -2.37. The number of aromatic nitrogens is 1. The molecule has 0 saturated heterocycles. The molecule has 0 unspecified atom stereocenters. The van der Waals surface area contributed by atoms with Crippen LogP contribution in [0.4, 0.5) is 0 Å². The van der Waals surface area contributed by atoms with Gasteiger partial charge in [0.05, 0.1) is 5.52 Å². The van der Waals surface area contributed by atoms with Crippen molar-refractivity contribution >= 4 is 17.0 Å². The Morgan fingerprint density at radius 3 is 2.88 bits per heavy atom. The third-order valence-electron chi connectivity index (χ3n) is 4.04. The molecule has 2 aromatic carbocycles. The van der Waals surface area contributed by atoms with E-state index in [1.54, 1.807) is 30.3 Å². The molecule has 4 rings (SSSR count). The average molecular weight is 340 g/mol. The number of carbonyl (C=O) groups excluding carboxylic acids is 1. The Morgan fingerprint density at radius 2 is 2.00 bits per heavy atom. The number of fused-ring (bicyclic) bond motifs is 2. The number of benzene rings is 2. The van der Waals surface area contributed by atoms with Crippen molar-refractivity contribution in [1.29, 1.82) is 0 Å². The van der Waals surface area contributed by atoms with Gasteiger partial charge in [-0.15, -0.1) is 0 Å². The van der Waals surface area contributed by atoms with E-state index in [9.17, 15) is 9.59 Å². The topological polar surface area (TPSA) is 82.7 Å². The fourth-order valence-electron chi connectivity index (χ4n) is 2.85. The lowest BCUT2D eigenvalue weighted by Gasteiger charge is -2.14. The van der Waals surface area contributed by atoms with Crippen LogP contribution in [0.5, 0.6) is 11.5 Å². The average Bonchev–Trinajstić information content (AvgIpc) is 3.19. The molecule has 7 nitrogen and oxygen atoms in total. The fourth-order valence-corrected chi connectivity index (χ4v) is 2.85. The Labute approximate surface area is 142 Å². The fraction of sp³-hybridized carbons (Fsp3) is 0.222. The molecule has 128 valence electrons. The first-order valence-corrected chi connectivity index (χ1v) is 7.91. The third kappa shape index (κ3) is 2.84. The summed E-state index contributed by atoms with van der Waals surface area (Å²) in [4.78, 5) is 24.4. The molecule has 0 spiro atoms. The second-order valence-electron chi connectivity index (χ2n) is 5.89. The lowest BCUT2D eigenvalue weighted by atomic mass is 10.1. The van der Waals surface area contributed by atoms with Crippen molar-refractivity contribution in [2.75, 3.05) is 6.79 Å². The third-order valence-corrected chi connectivity index (χ3v) is 4.04. The van der Waals surface area contributed by atoms with E-state index in [-0.39, 0.29) is 18.7 Å². The second-order valence-corrected chi connectivity index (χ2v) is 5.89. The zero-order valence-corrected chi connectivity index (χ0v) is 13.5. The van der Waals surface area contributed by atoms with Gasteiger partial charge < -0.3 is 19.2 Å². The van der Waals surface area contributed by atoms with Gasteiger partial charge in [-0.25, -0.2) is 4.79 Å². The Balaban J connectivity index is 1.50. The number of nitrogens with one attached hydrogen (secondary N) is 1. The van der Waals surface area contributed by atoms with E-state index < -0.39 is 5.76 Å². The Kier molecular flexibility index (Phi) is 3.68. The molecule has 0 radical (unpaired) electrons. The summed E-state index contributed by atoms with van der Waals surface area (Å²) in [6.45, 7) is 2.30. The van der Waals surface area contributed by atoms with Gasteiger partial charge in [0.25, 0.3) is 5.91 Å². The molecule has 0 fully saturated rings. The highest BCUT2D eigenvalue weighted by Gasteiger charge is 2.18. The zero-order valence-electron chi connectivity index (χ0n) is 13.5. The van der Waals surface area contributed by atoms with Gasteiger partial charge in [-0.3, -0.25) is 9.36 Å². The summed E-state index contributed by atoms with van der Waals surface area (Å²) in [7, 11) is 0. The number of para-hydroxylation sites is 2. The number of amides is 1. The highest BCUT2D eigenvalue weighted by molar-refractivity contribution is 5.95.